The molecule has 82 valence electrons. The number of hydrogen-bond donors (Lipinski definition) is 2. The van der Waals surface area contributed by atoms with Crippen molar-refractivity contribution in [1.82, 2.24) is 0 Å². The summed E-state index contributed by atoms with van der Waals surface area (Å²) in [6.07, 6.45) is -4.61. The van der Waals surface area contributed by atoms with Crippen LogP contribution >= 0.6 is 0 Å². The molecule has 0 aliphatic rings. The Balaban J connectivity index is 3.32. The number of carbonyl (C=O) groups is 1. The van der Waals surface area contributed by atoms with Crippen LogP contribution in [0.15, 0.2) is 18.2 Å². The minimum atomic E-state index is -4.61. The molecule has 0 aromatic heterocycles. The lowest BCUT2D eigenvalue weighted by atomic mass is 10.0. The zero-order valence-electron chi connectivity index (χ0n) is 7.51. The van der Waals surface area contributed by atoms with Gasteiger partial charge in [-0.15, -0.1) is 0 Å². The summed E-state index contributed by atoms with van der Waals surface area (Å²) in [5, 5.41) is 8.70. The lowest BCUT2D eigenvalue weighted by Gasteiger charge is -2.11. The minimum absolute atomic E-state index is 0.237. The van der Waals surface area contributed by atoms with Crippen LogP contribution in [0.2, 0.25) is 0 Å². The third-order valence-corrected chi connectivity index (χ3v) is 1.87. The van der Waals surface area contributed by atoms with Crippen LogP contribution in [-0.2, 0) is 12.8 Å². The van der Waals surface area contributed by atoms with Gasteiger partial charge in [-0.05, 0) is 17.7 Å². The zero-order chi connectivity index (χ0) is 11.6. The number of hydrogen-bond acceptors (Lipinski definition) is 2. The van der Waals surface area contributed by atoms with Crippen LogP contribution in [-0.4, -0.2) is 11.0 Å². The molecule has 0 heterocycles. The molecule has 6 heteroatoms. The van der Waals surface area contributed by atoms with Gasteiger partial charge in [0.05, 0.1) is 12.2 Å². The van der Waals surface area contributed by atoms with Crippen LogP contribution in [0.3, 0.4) is 0 Å². The summed E-state index contributed by atoms with van der Waals surface area (Å²) in [7, 11) is 0. The third kappa shape index (κ3) is 2.47. The average Bonchev–Trinajstić information content (AvgIpc) is 2.15. The van der Waals surface area contributed by atoms with Crippen LogP contribution in [0.1, 0.15) is 21.5 Å². The molecular formula is C9H8F3NO2. The maximum Gasteiger partial charge on any atom is 0.416 e. The molecule has 3 N–H and O–H groups in total. The van der Waals surface area contributed by atoms with E-state index >= 15 is 0 Å². The molecule has 0 spiro atoms. The molecule has 0 saturated heterocycles. The summed E-state index contributed by atoms with van der Waals surface area (Å²) in [5.41, 5.74) is 3.29. The summed E-state index contributed by atoms with van der Waals surface area (Å²) >= 11 is 0. The van der Waals surface area contributed by atoms with Crippen molar-refractivity contribution in [2.45, 2.75) is 12.8 Å². The number of alkyl halides is 3. The molecule has 15 heavy (non-hydrogen) atoms. The highest BCUT2D eigenvalue weighted by atomic mass is 19.4. The third-order valence-electron chi connectivity index (χ3n) is 1.87. The molecule has 0 bridgehead atoms. The molecule has 1 rings (SSSR count). The lowest BCUT2D eigenvalue weighted by Crippen LogP contribution is -2.15. The van der Waals surface area contributed by atoms with Gasteiger partial charge >= 0.3 is 6.18 Å². The van der Waals surface area contributed by atoms with E-state index in [1.54, 1.807) is 0 Å². The second kappa shape index (κ2) is 3.90. The van der Waals surface area contributed by atoms with E-state index < -0.39 is 24.3 Å². The fourth-order valence-corrected chi connectivity index (χ4v) is 1.13. The Morgan fingerprint density at radius 2 is 2.00 bits per heavy atom. The molecule has 1 amide bonds. The van der Waals surface area contributed by atoms with Crippen molar-refractivity contribution in [2.75, 3.05) is 0 Å². The molecule has 0 fully saturated rings. The smallest absolute Gasteiger partial charge is 0.392 e. The second-order valence-corrected chi connectivity index (χ2v) is 2.89. The van der Waals surface area contributed by atoms with Gasteiger partial charge < -0.3 is 10.8 Å². The maximum atomic E-state index is 12.4. The van der Waals surface area contributed by atoms with Crippen LogP contribution in [0.25, 0.3) is 0 Å². The lowest BCUT2D eigenvalue weighted by molar-refractivity contribution is -0.138. The summed E-state index contributed by atoms with van der Waals surface area (Å²) < 4.78 is 37.2. The first-order chi connectivity index (χ1) is 6.86. The molecule has 1 aromatic rings. The number of halogens is 3. The molecule has 3 nitrogen and oxygen atoms in total. The maximum absolute atomic E-state index is 12.4. The molecule has 0 atom stereocenters. The molecule has 1 aromatic carbocycles. The van der Waals surface area contributed by atoms with Crippen molar-refractivity contribution in [3.8, 4) is 0 Å². The summed E-state index contributed by atoms with van der Waals surface area (Å²) in [6.45, 7) is -0.742. The number of rotatable bonds is 2. The van der Waals surface area contributed by atoms with Gasteiger partial charge in [0.2, 0.25) is 5.91 Å². The first kappa shape index (κ1) is 11.5. The van der Waals surface area contributed by atoms with Gasteiger partial charge in [-0.2, -0.15) is 13.2 Å². The SMILES string of the molecule is NC(=O)c1ccc(CO)c(C(F)(F)F)c1. The molecule has 0 aliphatic heterocycles. The molecular weight excluding hydrogens is 211 g/mol. The predicted molar refractivity (Wildman–Crippen MR) is 45.9 cm³/mol. The Kier molecular flexibility index (Phi) is 2.99. The number of primary amides is 1. The summed E-state index contributed by atoms with van der Waals surface area (Å²) in [4.78, 5) is 10.7. The van der Waals surface area contributed by atoms with E-state index in [0.29, 0.717) is 6.07 Å². The Bertz CT molecular complexity index is 387. The quantitative estimate of drug-likeness (QED) is 0.787. The van der Waals surface area contributed by atoms with Crippen molar-refractivity contribution in [2.24, 2.45) is 5.73 Å². The highest BCUT2D eigenvalue weighted by Gasteiger charge is 2.33. The van der Waals surface area contributed by atoms with Gasteiger partial charge in [-0.25, -0.2) is 0 Å². The number of aliphatic hydroxyl groups excluding tert-OH is 1. The van der Waals surface area contributed by atoms with Crippen molar-refractivity contribution in [3.05, 3.63) is 34.9 Å². The summed E-state index contributed by atoms with van der Waals surface area (Å²) in [5.74, 6) is -0.940. The topological polar surface area (TPSA) is 63.3 Å². The second-order valence-electron chi connectivity index (χ2n) is 2.89. The van der Waals surface area contributed by atoms with Crippen molar-refractivity contribution >= 4 is 5.91 Å². The van der Waals surface area contributed by atoms with E-state index in [1.807, 2.05) is 0 Å². The van der Waals surface area contributed by atoms with E-state index in [-0.39, 0.29) is 11.1 Å². The number of benzene rings is 1. The van der Waals surface area contributed by atoms with Crippen LogP contribution in [0, 0.1) is 0 Å². The van der Waals surface area contributed by atoms with E-state index in [2.05, 4.69) is 0 Å². The average molecular weight is 219 g/mol. The molecule has 0 unspecified atom stereocenters. The van der Waals surface area contributed by atoms with Gasteiger partial charge in [-0.3, -0.25) is 4.79 Å². The zero-order valence-corrected chi connectivity index (χ0v) is 7.51. The van der Waals surface area contributed by atoms with Gasteiger partial charge in [0.1, 0.15) is 0 Å². The first-order valence-corrected chi connectivity index (χ1v) is 3.97. The van der Waals surface area contributed by atoms with E-state index in [0.717, 1.165) is 12.1 Å². The van der Waals surface area contributed by atoms with Gasteiger partial charge in [0, 0.05) is 5.56 Å². The number of nitrogens with two attached hydrogens (primary N) is 1. The van der Waals surface area contributed by atoms with Crippen LogP contribution in [0.4, 0.5) is 13.2 Å². The standard InChI is InChI=1S/C9H8F3NO2/c10-9(11,12)7-3-5(8(13)15)1-2-6(7)4-14/h1-3,14H,4H2,(H2,13,15). The van der Waals surface area contributed by atoms with Crippen LogP contribution < -0.4 is 5.73 Å². The fraction of sp³-hybridized carbons (Fsp3) is 0.222. The van der Waals surface area contributed by atoms with Crippen molar-refractivity contribution in [3.63, 3.8) is 0 Å². The predicted octanol–water partition coefficient (Wildman–Crippen LogP) is 1.30. The number of carbonyl (C=O) groups excluding carboxylic acids is 1. The molecule has 0 aliphatic carbocycles. The highest BCUT2D eigenvalue weighted by molar-refractivity contribution is 5.93. The van der Waals surface area contributed by atoms with E-state index in [1.165, 1.54) is 0 Å². The monoisotopic (exact) mass is 219 g/mol. The Morgan fingerprint density at radius 1 is 1.40 bits per heavy atom. The van der Waals surface area contributed by atoms with Gasteiger partial charge in [0.25, 0.3) is 0 Å². The Labute approximate surface area is 83.3 Å². The highest BCUT2D eigenvalue weighted by Crippen LogP contribution is 2.32. The van der Waals surface area contributed by atoms with Gasteiger partial charge in [0.15, 0.2) is 0 Å². The largest absolute Gasteiger partial charge is 0.416 e. The number of aliphatic hydroxyl groups is 1. The normalized spacial score (nSPS) is 11.5. The van der Waals surface area contributed by atoms with E-state index in [9.17, 15) is 18.0 Å². The van der Waals surface area contributed by atoms with E-state index in [4.69, 9.17) is 10.8 Å². The summed E-state index contributed by atoms with van der Waals surface area (Å²) in [6, 6.07) is 2.81. The van der Waals surface area contributed by atoms with Crippen molar-refractivity contribution in [1.29, 1.82) is 0 Å². The molecule has 0 radical (unpaired) electrons. The van der Waals surface area contributed by atoms with Crippen LogP contribution in [0.5, 0.6) is 0 Å². The van der Waals surface area contributed by atoms with Gasteiger partial charge in [-0.1, -0.05) is 6.07 Å². The number of amides is 1. The fourth-order valence-electron chi connectivity index (χ4n) is 1.13. The molecule has 0 saturated carbocycles. The first-order valence-electron chi connectivity index (χ1n) is 3.97. The minimum Gasteiger partial charge on any atom is -0.392 e. The van der Waals surface area contributed by atoms with Crippen molar-refractivity contribution < 1.29 is 23.1 Å². The Hall–Kier alpha value is -1.56. The Morgan fingerprint density at radius 3 is 2.40 bits per heavy atom.